The predicted molar refractivity (Wildman–Crippen MR) is 110 cm³/mol. The van der Waals surface area contributed by atoms with Gasteiger partial charge in [-0.05, 0) is 36.2 Å². The molecule has 0 radical (unpaired) electrons. The van der Waals surface area contributed by atoms with Gasteiger partial charge in [0, 0.05) is 36.7 Å². The number of benzene rings is 2. The summed E-state index contributed by atoms with van der Waals surface area (Å²) in [7, 11) is 0. The van der Waals surface area contributed by atoms with Crippen LogP contribution in [0.4, 0.5) is 8.78 Å². The van der Waals surface area contributed by atoms with Crippen LogP contribution in [-0.4, -0.2) is 23.1 Å². The van der Waals surface area contributed by atoms with Gasteiger partial charge in [0.05, 0.1) is 11.6 Å². The first kappa shape index (κ1) is 20.0. The molecular formula is C24H22F2N2O2. The van der Waals surface area contributed by atoms with E-state index in [0.29, 0.717) is 47.5 Å². The monoisotopic (exact) mass is 408 g/mol. The van der Waals surface area contributed by atoms with Crippen LogP contribution in [0.5, 0.6) is 0 Å². The summed E-state index contributed by atoms with van der Waals surface area (Å²) in [5.74, 6) is -1.58. The highest BCUT2D eigenvalue weighted by Gasteiger charge is 2.43. The fourth-order valence-corrected chi connectivity index (χ4v) is 4.05. The van der Waals surface area contributed by atoms with Crippen LogP contribution in [0.25, 0.3) is 5.57 Å². The van der Waals surface area contributed by atoms with Crippen LogP contribution < -0.4 is 5.32 Å². The zero-order valence-electron chi connectivity index (χ0n) is 16.6. The average molecular weight is 408 g/mol. The molecule has 1 fully saturated rings. The molecule has 2 aromatic carbocycles. The first-order valence-electron chi connectivity index (χ1n) is 9.84. The topological polar surface area (TPSA) is 49.4 Å². The van der Waals surface area contributed by atoms with Crippen molar-refractivity contribution in [2.24, 2.45) is 5.92 Å². The number of rotatable bonds is 6. The second kappa shape index (κ2) is 7.86. The number of fused-ring (bicyclic) bond motifs is 1. The highest BCUT2D eigenvalue weighted by Crippen LogP contribution is 2.39. The summed E-state index contributed by atoms with van der Waals surface area (Å²) in [6.07, 6.45) is 2.04. The highest BCUT2D eigenvalue weighted by molar-refractivity contribution is 6.21. The van der Waals surface area contributed by atoms with Crippen molar-refractivity contribution < 1.29 is 18.4 Å². The van der Waals surface area contributed by atoms with E-state index in [1.807, 2.05) is 11.8 Å². The van der Waals surface area contributed by atoms with Crippen LogP contribution >= 0.6 is 0 Å². The molecule has 30 heavy (non-hydrogen) atoms. The van der Waals surface area contributed by atoms with Gasteiger partial charge in [0.15, 0.2) is 0 Å². The molecule has 154 valence electrons. The summed E-state index contributed by atoms with van der Waals surface area (Å²) in [6.45, 7) is 6.35. The lowest BCUT2D eigenvalue weighted by molar-refractivity contribution is -0.116. The fourth-order valence-electron chi connectivity index (χ4n) is 4.05. The number of hydrogen-bond donors (Lipinski definition) is 1. The zero-order chi connectivity index (χ0) is 21.4. The Morgan fingerprint density at radius 3 is 2.70 bits per heavy atom. The molecule has 0 bridgehead atoms. The van der Waals surface area contributed by atoms with Gasteiger partial charge in [-0.2, -0.15) is 0 Å². The van der Waals surface area contributed by atoms with Crippen molar-refractivity contribution in [3.63, 3.8) is 0 Å². The van der Waals surface area contributed by atoms with Crippen LogP contribution in [0.3, 0.4) is 0 Å². The predicted octanol–water partition coefficient (Wildman–Crippen LogP) is 4.14. The number of nitrogens with one attached hydrogen (secondary N) is 1. The summed E-state index contributed by atoms with van der Waals surface area (Å²) in [6, 6.07) is 9.94. The van der Waals surface area contributed by atoms with Crippen LogP contribution in [0.15, 0.2) is 60.8 Å². The Balaban J connectivity index is 1.73. The molecule has 2 aromatic rings. The first-order valence-corrected chi connectivity index (χ1v) is 9.84. The minimum atomic E-state index is -0.632. The maximum absolute atomic E-state index is 14.5. The molecule has 1 heterocycles. The van der Waals surface area contributed by atoms with E-state index in [0.717, 1.165) is 0 Å². The van der Waals surface area contributed by atoms with Gasteiger partial charge in [0.2, 0.25) is 0 Å². The quantitative estimate of drug-likeness (QED) is 0.731. The van der Waals surface area contributed by atoms with Gasteiger partial charge in [-0.15, -0.1) is 6.58 Å². The molecule has 0 saturated heterocycles. The third-order valence-electron chi connectivity index (χ3n) is 5.72. The molecule has 1 N–H and O–H groups in total. The second-order valence-electron chi connectivity index (χ2n) is 7.68. The third kappa shape index (κ3) is 3.65. The van der Waals surface area contributed by atoms with Crippen molar-refractivity contribution in [3.05, 3.63) is 89.1 Å². The maximum Gasteiger partial charge on any atom is 0.254 e. The lowest BCUT2D eigenvalue weighted by atomic mass is 9.91. The largest absolute Gasteiger partial charge is 0.366 e. The number of Topliss-reactive ketones (excluding diaryl/α,β-unsaturated/α-hetero) is 1. The molecule has 1 aliphatic heterocycles. The Morgan fingerprint density at radius 1 is 1.30 bits per heavy atom. The van der Waals surface area contributed by atoms with E-state index in [1.165, 1.54) is 18.2 Å². The number of nitrogens with zero attached hydrogens (tertiary/aromatic N) is 1. The minimum absolute atomic E-state index is 0.0265. The Labute approximate surface area is 173 Å². The molecule has 1 aliphatic carbocycles. The van der Waals surface area contributed by atoms with Crippen molar-refractivity contribution in [3.8, 4) is 0 Å². The standard InChI is InChI=1S/C24H22F2N2O2/c1-3-10-28-13-19-17(8-5-9-20(19)26)22(14(28)2)24(30)27-23(18-12-21(18)29)15-6-4-7-16(25)11-15/h3-9,11,18,23H,1,10,12-13H2,2H3,(H,27,30)/t18?,23-/m1/s1. The van der Waals surface area contributed by atoms with Crippen LogP contribution in [0.1, 0.15) is 36.1 Å². The number of hydrogen-bond acceptors (Lipinski definition) is 3. The minimum Gasteiger partial charge on any atom is -0.366 e. The van der Waals surface area contributed by atoms with E-state index >= 15 is 0 Å². The smallest absolute Gasteiger partial charge is 0.254 e. The average Bonchev–Trinajstić information content (AvgIpc) is 3.43. The SMILES string of the molecule is C=CCN1Cc2c(F)cccc2C(C(=O)N[C@H](c2cccc(F)c2)C2CC2=O)=C1C. The number of halogens is 2. The van der Waals surface area contributed by atoms with Gasteiger partial charge in [-0.25, -0.2) is 8.78 Å². The number of amides is 1. The second-order valence-corrected chi connectivity index (χ2v) is 7.68. The molecule has 1 saturated carbocycles. The normalized spacial score (nSPS) is 18.7. The van der Waals surface area contributed by atoms with E-state index in [1.54, 1.807) is 30.3 Å². The molecular weight excluding hydrogens is 386 g/mol. The number of allylic oxidation sites excluding steroid dienone is 1. The van der Waals surface area contributed by atoms with Gasteiger partial charge >= 0.3 is 0 Å². The summed E-state index contributed by atoms with van der Waals surface area (Å²) < 4.78 is 28.3. The Kier molecular flexibility index (Phi) is 5.24. The van der Waals surface area contributed by atoms with Crippen molar-refractivity contribution in [2.75, 3.05) is 6.54 Å². The van der Waals surface area contributed by atoms with Gasteiger partial charge in [0.25, 0.3) is 5.91 Å². The van der Waals surface area contributed by atoms with Crippen molar-refractivity contribution >= 4 is 17.3 Å². The molecule has 2 aliphatic rings. The lowest BCUT2D eigenvalue weighted by Crippen LogP contribution is -2.36. The fraction of sp³-hybridized carbons (Fsp3) is 0.250. The van der Waals surface area contributed by atoms with E-state index in [2.05, 4.69) is 11.9 Å². The number of carbonyl (C=O) groups excluding carboxylic acids is 2. The van der Waals surface area contributed by atoms with Crippen LogP contribution in [0.2, 0.25) is 0 Å². The van der Waals surface area contributed by atoms with Crippen molar-refractivity contribution in [1.82, 2.24) is 10.2 Å². The number of carbonyl (C=O) groups is 2. The summed E-state index contributed by atoms with van der Waals surface area (Å²) in [5.41, 5.74) is 2.57. The first-order chi connectivity index (χ1) is 14.4. The third-order valence-corrected chi connectivity index (χ3v) is 5.72. The van der Waals surface area contributed by atoms with Gasteiger partial charge < -0.3 is 10.2 Å². The maximum atomic E-state index is 14.5. The molecule has 4 nitrogen and oxygen atoms in total. The van der Waals surface area contributed by atoms with Crippen LogP contribution in [0, 0.1) is 17.6 Å². The molecule has 0 spiro atoms. The molecule has 1 amide bonds. The van der Waals surface area contributed by atoms with E-state index in [4.69, 9.17) is 0 Å². The molecule has 4 rings (SSSR count). The summed E-state index contributed by atoms with van der Waals surface area (Å²) >= 11 is 0. The summed E-state index contributed by atoms with van der Waals surface area (Å²) in [5, 5.41) is 2.92. The molecule has 2 atom stereocenters. The van der Waals surface area contributed by atoms with Crippen molar-refractivity contribution in [2.45, 2.75) is 25.9 Å². The zero-order valence-corrected chi connectivity index (χ0v) is 16.6. The van der Waals surface area contributed by atoms with E-state index in [9.17, 15) is 18.4 Å². The van der Waals surface area contributed by atoms with Crippen molar-refractivity contribution in [1.29, 1.82) is 0 Å². The molecule has 0 aromatic heterocycles. The number of ketones is 1. The Hall–Kier alpha value is -3.28. The molecule has 1 unspecified atom stereocenters. The van der Waals surface area contributed by atoms with Gasteiger partial charge in [-0.3, -0.25) is 9.59 Å². The van der Waals surface area contributed by atoms with Gasteiger partial charge in [0.1, 0.15) is 17.4 Å². The van der Waals surface area contributed by atoms with E-state index in [-0.39, 0.29) is 17.5 Å². The van der Waals surface area contributed by atoms with E-state index < -0.39 is 17.8 Å². The Bertz CT molecular complexity index is 1080. The Morgan fingerprint density at radius 2 is 2.03 bits per heavy atom. The lowest BCUT2D eigenvalue weighted by Gasteiger charge is -2.33. The van der Waals surface area contributed by atoms with Crippen LogP contribution in [-0.2, 0) is 16.1 Å². The highest BCUT2D eigenvalue weighted by atomic mass is 19.1. The summed E-state index contributed by atoms with van der Waals surface area (Å²) in [4.78, 5) is 27.1. The van der Waals surface area contributed by atoms with Gasteiger partial charge in [-0.1, -0.05) is 30.3 Å². The molecule has 6 heteroatoms.